The maximum atomic E-state index is 12.5. The number of rotatable bonds is 5. The molecule has 0 aromatic carbocycles. The largest absolute Gasteiger partial charge is 0.464 e. The Bertz CT molecular complexity index is 508. The van der Waals surface area contributed by atoms with E-state index in [1.807, 2.05) is 6.92 Å². The van der Waals surface area contributed by atoms with Crippen molar-refractivity contribution < 1.29 is 22.7 Å². The molecule has 122 valence electrons. The third-order valence-electron chi connectivity index (χ3n) is 3.27. The smallest absolute Gasteiger partial charge is 0.417 e. The van der Waals surface area contributed by atoms with Gasteiger partial charge in [0.05, 0.1) is 18.0 Å². The van der Waals surface area contributed by atoms with Crippen molar-refractivity contribution >= 4 is 23.5 Å². The third-order valence-corrected chi connectivity index (χ3v) is 4.28. The molecule has 0 saturated carbocycles. The van der Waals surface area contributed by atoms with Crippen molar-refractivity contribution in [1.82, 2.24) is 4.98 Å². The molecule has 4 nitrogen and oxygen atoms in total. The monoisotopic (exact) mass is 334 g/mol. The first-order valence-corrected chi connectivity index (χ1v) is 8.13. The second kappa shape index (κ2) is 7.21. The summed E-state index contributed by atoms with van der Waals surface area (Å²) < 4.78 is 42.8. The number of hydrogen-bond donors (Lipinski definition) is 0. The van der Waals surface area contributed by atoms with E-state index >= 15 is 0 Å². The van der Waals surface area contributed by atoms with Crippen LogP contribution in [0.3, 0.4) is 0 Å². The van der Waals surface area contributed by atoms with E-state index in [9.17, 15) is 18.0 Å². The summed E-state index contributed by atoms with van der Waals surface area (Å²) in [6.45, 7) is 2.36. The Morgan fingerprint density at radius 2 is 2.27 bits per heavy atom. The van der Waals surface area contributed by atoms with E-state index in [1.54, 1.807) is 4.90 Å². The fourth-order valence-electron chi connectivity index (χ4n) is 2.00. The van der Waals surface area contributed by atoms with Crippen LogP contribution in [0.15, 0.2) is 18.3 Å². The van der Waals surface area contributed by atoms with Crippen LogP contribution in [-0.4, -0.2) is 35.2 Å². The molecule has 2 heterocycles. The molecule has 0 spiro atoms. The molecular formula is C14H17F3N2O2S. The van der Waals surface area contributed by atoms with Gasteiger partial charge in [0.2, 0.25) is 0 Å². The topological polar surface area (TPSA) is 42.4 Å². The van der Waals surface area contributed by atoms with E-state index in [0.29, 0.717) is 24.1 Å². The van der Waals surface area contributed by atoms with Crippen molar-refractivity contribution in [2.24, 2.45) is 0 Å². The van der Waals surface area contributed by atoms with Gasteiger partial charge in [-0.2, -0.15) is 13.2 Å². The summed E-state index contributed by atoms with van der Waals surface area (Å²) in [6.07, 6.45) is -1.90. The van der Waals surface area contributed by atoms with E-state index in [4.69, 9.17) is 4.74 Å². The minimum absolute atomic E-state index is 0.347. The highest BCUT2D eigenvalue weighted by molar-refractivity contribution is 7.99. The third kappa shape index (κ3) is 4.06. The quantitative estimate of drug-likeness (QED) is 0.610. The van der Waals surface area contributed by atoms with Crippen LogP contribution < -0.4 is 4.90 Å². The second-order valence-electron chi connectivity index (χ2n) is 4.91. The predicted molar refractivity (Wildman–Crippen MR) is 78.7 cm³/mol. The first-order chi connectivity index (χ1) is 10.4. The normalized spacial score (nSPS) is 18.5. The number of carbonyl (C=O) groups is 1. The Kier molecular flexibility index (Phi) is 5.55. The molecule has 1 aromatic heterocycles. The first kappa shape index (κ1) is 16.9. The van der Waals surface area contributed by atoms with Gasteiger partial charge in [0.15, 0.2) is 0 Å². The number of ether oxygens (including phenoxy) is 1. The molecule has 1 aliphatic rings. The number of aromatic nitrogens is 1. The van der Waals surface area contributed by atoms with Crippen molar-refractivity contribution in [2.45, 2.75) is 32.0 Å². The minimum atomic E-state index is -4.41. The summed E-state index contributed by atoms with van der Waals surface area (Å²) in [7, 11) is 0. The maximum Gasteiger partial charge on any atom is 0.417 e. The number of nitrogens with zero attached hydrogens (tertiary/aromatic N) is 2. The first-order valence-electron chi connectivity index (χ1n) is 6.97. The number of hydrogen-bond acceptors (Lipinski definition) is 5. The summed E-state index contributed by atoms with van der Waals surface area (Å²) in [5.41, 5.74) is -0.801. The van der Waals surface area contributed by atoms with Gasteiger partial charge in [-0.3, -0.25) is 0 Å². The van der Waals surface area contributed by atoms with Crippen LogP contribution >= 0.6 is 11.8 Å². The number of anilines is 1. The Morgan fingerprint density at radius 3 is 2.86 bits per heavy atom. The molecule has 1 fully saturated rings. The number of thioether (sulfide) groups is 1. The highest BCUT2D eigenvalue weighted by Crippen LogP contribution is 2.31. The zero-order valence-electron chi connectivity index (χ0n) is 12.1. The molecule has 0 amide bonds. The Balaban J connectivity index is 2.05. The molecule has 8 heteroatoms. The van der Waals surface area contributed by atoms with Gasteiger partial charge in [-0.1, -0.05) is 13.3 Å². The van der Waals surface area contributed by atoms with Crippen LogP contribution in [0.2, 0.25) is 0 Å². The molecule has 2 rings (SSSR count). The average Bonchev–Trinajstić information content (AvgIpc) is 2.96. The van der Waals surface area contributed by atoms with Gasteiger partial charge in [-0.05, 0) is 18.6 Å². The summed E-state index contributed by atoms with van der Waals surface area (Å²) in [5, 5.41) is 0. The van der Waals surface area contributed by atoms with Crippen LogP contribution in [0, 0.1) is 0 Å². The van der Waals surface area contributed by atoms with Gasteiger partial charge < -0.3 is 9.64 Å². The summed E-state index contributed by atoms with van der Waals surface area (Å²) in [4.78, 5) is 17.6. The summed E-state index contributed by atoms with van der Waals surface area (Å²) in [6, 6.07) is 1.78. The highest BCUT2D eigenvalue weighted by Gasteiger charge is 2.35. The van der Waals surface area contributed by atoms with E-state index in [0.717, 1.165) is 25.1 Å². The van der Waals surface area contributed by atoms with E-state index < -0.39 is 17.8 Å². The fourth-order valence-corrected chi connectivity index (χ4v) is 3.15. The van der Waals surface area contributed by atoms with Gasteiger partial charge in [0.1, 0.15) is 11.9 Å². The molecule has 0 unspecified atom stereocenters. The van der Waals surface area contributed by atoms with E-state index in [2.05, 4.69) is 4.98 Å². The van der Waals surface area contributed by atoms with Crippen LogP contribution in [0.25, 0.3) is 0 Å². The van der Waals surface area contributed by atoms with Gasteiger partial charge in [0, 0.05) is 11.9 Å². The van der Waals surface area contributed by atoms with Crippen LogP contribution in [0.5, 0.6) is 0 Å². The Labute approximate surface area is 131 Å². The van der Waals surface area contributed by atoms with Crippen molar-refractivity contribution in [3.63, 3.8) is 0 Å². The Hall–Kier alpha value is -1.44. The second-order valence-corrected chi connectivity index (χ2v) is 5.91. The Morgan fingerprint density at radius 1 is 1.50 bits per heavy atom. The number of halogens is 3. The molecule has 1 aromatic rings. The lowest BCUT2D eigenvalue weighted by Gasteiger charge is -2.23. The molecule has 0 aliphatic carbocycles. The van der Waals surface area contributed by atoms with Crippen molar-refractivity contribution in [3.05, 3.63) is 23.9 Å². The number of esters is 1. The summed E-state index contributed by atoms with van der Waals surface area (Å²) in [5.74, 6) is 1.06. The molecular weight excluding hydrogens is 317 g/mol. The zero-order valence-corrected chi connectivity index (χ0v) is 12.9. The van der Waals surface area contributed by atoms with Crippen molar-refractivity contribution in [3.8, 4) is 0 Å². The van der Waals surface area contributed by atoms with E-state index in [1.165, 1.54) is 17.8 Å². The van der Waals surface area contributed by atoms with Gasteiger partial charge >= 0.3 is 12.1 Å². The highest BCUT2D eigenvalue weighted by atomic mass is 32.2. The zero-order chi connectivity index (χ0) is 16.2. The van der Waals surface area contributed by atoms with E-state index in [-0.39, 0.29) is 5.97 Å². The molecule has 1 atom stereocenters. The fraction of sp³-hybridized carbons (Fsp3) is 0.571. The molecule has 0 N–H and O–H groups in total. The standard InChI is InChI=1S/C14H17F3N2O2S/c1-2-3-6-21-13(20)11-8-22-9-19(11)12-5-4-10(7-18-12)14(15,16)17/h4-5,7,11H,2-3,6,8-9H2,1H3/t11-/m0/s1. The van der Waals surface area contributed by atoms with Crippen LogP contribution in [-0.2, 0) is 15.7 Å². The lowest BCUT2D eigenvalue weighted by atomic mass is 10.2. The van der Waals surface area contributed by atoms with Gasteiger partial charge in [0.25, 0.3) is 0 Å². The number of unbranched alkanes of at least 4 members (excludes halogenated alkanes) is 1. The minimum Gasteiger partial charge on any atom is -0.464 e. The lowest BCUT2D eigenvalue weighted by Crippen LogP contribution is -2.39. The molecule has 1 aliphatic heterocycles. The number of alkyl halides is 3. The summed E-state index contributed by atoms with van der Waals surface area (Å²) >= 11 is 1.53. The number of pyridine rings is 1. The molecule has 1 saturated heterocycles. The molecule has 0 radical (unpaired) electrons. The lowest BCUT2D eigenvalue weighted by molar-refractivity contribution is -0.144. The van der Waals surface area contributed by atoms with Gasteiger partial charge in [-0.15, -0.1) is 11.8 Å². The average molecular weight is 334 g/mol. The van der Waals surface area contributed by atoms with Crippen LogP contribution in [0.4, 0.5) is 19.0 Å². The van der Waals surface area contributed by atoms with Gasteiger partial charge in [-0.25, -0.2) is 9.78 Å². The maximum absolute atomic E-state index is 12.5. The predicted octanol–water partition coefficient (Wildman–Crippen LogP) is 3.32. The SMILES string of the molecule is CCCCOC(=O)[C@@H]1CSCN1c1ccc(C(F)(F)F)cn1. The molecule has 0 bridgehead atoms. The van der Waals surface area contributed by atoms with Crippen molar-refractivity contribution in [1.29, 1.82) is 0 Å². The van der Waals surface area contributed by atoms with Crippen LogP contribution in [0.1, 0.15) is 25.3 Å². The van der Waals surface area contributed by atoms with Crippen molar-refractivity contribution in [2.75, 3.05) is 23.1 Å². The molecule has 22 heavy (non-hydrogen) atoms. The number of carbonyl (C=O) groups excluding carboxylic acids is 1.